The van der Waals surface area contributed by atoms with E-state index in [1.54, 1.807) is 0 Å². The van der Waals surface area contributed by atoms with Gasteiger partial charge in [0.05, 0.1) is 6.42 Å². The van der Waals surface area contributed by atoms with E-state index in [9.17, 15) is 18.0 Å². The fraction of sp³-hybridized carbons (Fsp3) is 0.818. The summed E-state index contributed by atoms with van der Waals surface area (Å²) in [5, 5.41) is 11.2. The number of hydrogen-bond acceptors (Lipinski definition) is 4. The molecule has 0 saturated carbocycles. The van der Waals surface area contributed by atoms with E-state index in [4.69, 9.17) is 5.11 Å². The zero-order valence-corrected chi connectivity index (χ0v) is 12.0. The SMILES string of the molecule is CCCC(CC(=O)O)NC(=O)C(C)(C)S(C)(=O)=O. The molecule has 1 atom stereocenters. The number of carbonyl (C=O) groups excluding carboxylic acids is 1. The second kappa shape index (κ2) is 6.17. The molecule has 0 saturated heterocycles. The molecule has 0 spiro atoms. The van der Waals surface area contributed by atoms with Crippen molar-refractivity contribution in [1.29, 1.82) is 0 Å². The van der Waals surface area contributed by atoms with Gasteiger partial charge >= 0.3 is 5.97 Å². The van der Waals surface area contributed by atoms with E-state index in [2.05, 4.69) is 5.32 Å². The van der Waals surface area contributed by atoms with Crippen molar-refractivity contribution in [3.05, 3.63) is 0 Å². The summed E-state index contributed by atoms with van der Waals surface area (Å²) in [6, 6.07) is -0.541. The van der Waals surface area contributed by atoms with Crippen LogP contribution in [0.1, 0.15) is 40.0 Å². The molecule has 2 N–H and O–H groups in total. The Labute approximate surface area is 108 Å². The minimum absolute atomic E-state index is 0.209. The van der Waals surface area contributed by atoms with Crippen LogP contribution in [-0.2, 0) is 19.4 Å². The van der Waals surface area contributed by atoms with Gasteiger partial charge in [-0.1, -0.05) is 13.3 Å². The Morgan fingerprint density at radius 1 is 1.33 bits per heavy atom. The molecule has 0 fully saturated rings. The number of carboxylic acids is 1. The molecular weight excluding hydrogens is 258 g/mol. The smallest absolute Gasteiger partial charge is 0.305 e. The first-order chi connectivity index (χ1) is 8.02. The van der Waals surface area contributed by atoms with Gasteiger partial charge in [0.2, 0.25) is 5.91 Å². The number of amides is 1. The number of aliphatic carboxylic acids is 1. The lowest BCUT2D eigenvalue weighted by Gasteiger charge is -2.25. The number of nitrogens with one attached hydrogen (secondary N) is 1. The average molecular weight is 279 g/mol. The highest BCUT2D eigenvalue weighted by molar-refractivity contribution is 7.92. The van der Waals surface area contributed by atoms with Crippen molar-refractivity contribution >= 4 is 21.7 Å². The molecule has 0 radical (unpaired) electrons. The highest BCUT2D eigenvalue weighted by Crippen LogP contribution is 2.16. The van der Waals surface area contributed by atoms with Crippen LogP contribution in [-0.4, -0.2) is 42.4 Å². The van der Waals surface area contributed by atoms with Gasteiger partial charge in [-0.3, -0.25) is 9.59 Å². The molecule has 0 aromatic rings. The number of carbonyl (C=O) groups is 2. The molecule has 0 bridgehead atoms. The van der Waals surface area contributed by atoms with Crippen LogP contribution in [0.3, 0.4) is 0 Å². The third kappa shape index (κ3) is 4.64. The van der Waals surface area contributed by atoms with Gasteiger partial charge < -0.3 is 10.4 Å². The van der Waals surface area contributed by atoms with Crippen LogP contribution in [0.4, 0.5) is 0 Å². The molecule has 0 aromatic heterocycles. The van der Waals surface area contributed by atoms with Crippen LogP contribution in [0, 0.1) is 0 Å². The lowest BCUT2D eigenvalue weighted by atomic mass is 10.1. The molecule has 0 aliphatic heterocycles. The monoisotopic (exact) mass is 279 g/mol. The Hall–Kier alpha value is -1.11. The lowest BCUT2D eigenvalue weighted by Crippen LogP contribution is -2.51. The summed E-state index contributed by atoms with van der Waals surface area (Å²) in [6.07, 6.45) is 1.98. The van der Waals surface area contributed by atoms with Gasteiger partial charge in [-0.25, -0.2) is 8.42 Å². The van der Waals surface area contributed by atoms with Gasteiger partial charge in [0.15, 0.2) is 9.84 Å². The Balaban J connectivity index is 4.85. The van der Waals surface area contributed by atoms with Crippen molar-refractivity contribution in [3.63, 3.8) is 0 Å². The molecule has 106 valence electrons. The molecule has 6 nitrogen and oxygen atoms in total. The second-order valence-corrected chi connectivity index (χ2v) is 7.40. The first kappa shape index (κ1) is 16.9. The van der Waals surface area contributed by atoms with E-state index in [1.807, 2.05) is 6.92 Å². The fourth-order valence-corrected chi connectivity index (χ4v) is 1.71. The predicted molar refractivity (Wildman–Crippen MR) is 68.0 cm³/mol. The van der Waals surface area contributed by atoms with Crippen molar-refractivity contribution in [2.75, 3.05) is 6.26 Å². The van der Waals surface area contributed by atoms with E-state index in [0.717, 1.165) is 6.26 Å². The van der Waals surface area contributed by atoms with Crippen molar-refractivity contribution in [3.8, 4) is 0 Å². The number of rotatable bonds is 7. The van der Waals surface area contributed by atoms with Crippen LogP contribution in [0.2, 0.25) is 0 Å². The summed E-state index contributed by atoms with van der Waals surface area (Å²) in [5.41, 5.74) is 0. The highest BCUT2D eigenvalue weighted by Gasteiger charge is 2.39. The normalized spacial score (nSPS) is 14.0. The Bertz CT molecular complexity index is 413. The predicted octanol–water partition coefficient (Wildman–Crippen LogP) is 0.569. The van der Waals surface area contributed by atoms with Crippen molar-refractivity contribution in [2.24, 2.45) is 0 Å². The van der Waals surface area contributed by atoms with Crippen LogP contribution < -0.4 is 5.32 Å². The van der Waals surface area contributed by atoms with Gasteiger partial charge in [0.25, 0.3) is 0 Å². The molecular formula is C11H21NO5S. The van der Waals surface area contributed by atoms with E-state index in [-0.39, 0.29) is 6.42 Å². The molecule has 18 heavy (non-hydrogen) atoms. The minimum Gasteiger partial charge on any atom is -0.481 e. The first-order valence-electron chi connectivity index (χ1n) is 5.74. The Morgan fingerprint density at radius 3 is 2.17 bits per heavy atom. The maximum Gasteiger partial charge on any atom is 0.305 e. The maximum atomic E-state index is 11.9. The number of sulfone groups is 1. The largest absolute Gasteiger partial charge is 0.481 e. The van der Waals surface area contributed by atoms with Crippen LogP contribution in [0.25, 0.3) is 0 Å². The van der Waals surface area contributed by atoms with E-state index in [0.29, 0.717) is 12.8 Å². The Morgan fingerprint density at radius 2 is 1.83 bits per heavy atom. The molecule has 0 aliphatic carbocycles. The third-order valence-electron chi connectivity index (χ3n) is 2.87. The van der Waals surface area contributed by atoms with Crippen LogP contribution >= 0.6 is 0 Å². The molecule has 0 aromatic carbocycles. The maximum absolute atomic E-state index is 11.9. The van der Waals surface area contributed by atoms with Gasteiger partial charge in [-0.15, -0.1) is 0 Å². The van der Waals surface area contributed by atoms with Gasteiger partial charge in [-0.2, -0.15) is 0 Å². The van der Waals surface area contributed by atoms with E-state index >= 15 is 0 Å². The summed E-state index contributed by atoms with van der Waals surface area (Å²) in [6.45, 7) is 4.48. The zero-order chi connectivity index (χ0) is 14.6. The summed E-state index contributed by atoms with van der Waals surface area (Å²) in [5.74, 6) is -1.68. The van der Waals surface area contributed by atoms with E-state index in [1.165, 1.54) is 13.8 Å². The van der Waals surface area contributed by atoms with Crippen molar-refractivity contribution < 1.29 is 23.1 Å². The molecule has 1 amide bonds. The molecule has 0 rings (SSSR count). The molecule has 0 heterocycles. The van der Waals surface area contributed by atoms with Gasteiger partial charge in [0, 0.05) is 12.3 Å². The van der Waals surface area contributed by atoms with Crippen LogP contribution in [0.15, 0.2) is 0 Å². The molecule has 1 unspecified atom stereocenters. The zero-order valence-electron chi connectivity index (χ0n) is 11.2. The highest BCUT2D eigenvalue weighted by atomic mass is 32.2. The summed E-state index contributed by atoms with van der Waals surface area (Å²) < 4.78 is 21.4. The molecule has 0 aliphatic rings. The van der Waals surface area contributed by atoms with Crippen molar-refractivity contribution in [2.45, 2.75) is 50.8 Å². The lowest BCUT2D eigenvalue weighted by molar-refractivity contribution is -0.137. The summed E-state index contributed by atoms with van der Waals surface area (Å²) >= 11 is 0. The minimum atomic E-state index is -3.55. The average Bonchev–Trinajstić information content (AvgIpc) is 2.14. The number of carboxylic acid groups (broad SMARTS) is 1. The quantitative estimate of drug-likeness (QED) is 0.709. The number of hydrogen-bond donors (Lipinski definition) is 2. The first-order valence-corrected chi connectivity index (χ1v) is 7.63. The standard InChI is InChI=1S/C11H21NO5S/c1-5-6-8(7-9(13)14)12-10(15)11(2,3)18(4,16)17/h8H,5-7H2,1-4H3,(H,12,15)(H,13,14). The topological polar surface area (TPSA) is 101 Å². The van der Waals surface area contributed by atoms with Crippen LogP contribution in [0.5, 0.6) is 0 Å². The Kier molecular flexibility index (Phi) is 5.79. The summed E-state index contributed by atoms with van der Waals surface area (Å²) in [7, 11) is -3.55. The van der Waals surface area contributed by atoms with Gasteiger partial charge in [-0.05, 0) is 20.3 Å². The third-order valence-corrected chi connectivity index (χ3v) is 4.91. The van der Waals surface area contributed by atoms with Gasteiger partial charge in [0.1, 0.15) is 4.75 Å². The molecule has 7 heteroatoms. The van der Waals surface area contributed by atoms with E-state index < -0.39 is 32.5 Å². The van der Waals surface area contributed by atoms with Crippen molar-refractivity contribution in [1.82, 2.24) is 5.32 Å². The second-order valence-electron chi connectivity index (χ2n) is 4.84. The fourth-order valence-electron chi connectivity index (χ4n) is 1.31. The summed E-state index contributed by atoms with van der Waals surface area (Å²) in [4.78, 5) is 22.5.